The first-order valence-electron chi connectivity index (χ1n) is 5.40. The molecular weight excluding hydrogens is 252 g/mol. The van der Waals surface area contributed by atoms with Gasteiger partial charge < -0.3 is 5.73 Å². The van der Waals surface area contributed by atoms with Crippen LogP contribution in [0.4, 0.5) is 5.69 Å². The Morgan fingerprint density at radius 1 is 1.29 bits per heavy atom. The van der Waals surface area contributed by atoms with Crippen LogP contribution in [-0.4, -0.2) is 11.9 Å². The van der Waals surface area contributed by atoms with Crippen molar-refractivity contribution in [1.82, 2.24) is 4.90 Å². The lowest BCUT2D eigenvalue weighted by molar-refractivity contribution is 0.322. The van der Waals surface area contributed by atoms with Gasteiger partial charge in [-0.15, -0.1) is 11.3 Å². The SMILES string of the molecule is CN(Cc1ccc(Cl)c(N)c1)Cc1cccs1. The molecule has 0 saturated heterocycles. The molecule has 2 rings (SSSR count). The summed E-state index contributed by atoms with van der Waals surface area (Å²) in [4.78, 5) is 3.63. The van der Waals surface area contributed by atoms with Crippen LogP contribution >= 0.6 is 22.9 Å². The van der Waals surface area contributed by atoms with E-state index in [9.17, 15) is 0 Å². The molecule has 0 bridgehead atoms. The summed E-state index contributed by atoms with van der Waals surface area (Å²) in [5.74, 6) is 0. The number of hydrogen-bond donors (Lipinski definition) is 1. The molecule has 90 valence electrons. The average Bonchev–Trinajstić information content (AvgIpc) is 2.76. The Kier molecular flexibility index (Phi) is 4.05. The van der Waals surface area contributed by atoms with E-state index in [0.29, 0.717) is 10.7 Å². The van der Waals surface area contributed by atoms with E-state index in [-0.39, 0.29) is 0 Å². The van der Waals surface area contributed by atoms with Crippen molar-refractivity contribution in [3.8, 4) is 0 Å². The lowest BCUT2D eigenvalue weighted by atomic mass is 10.2. The fourth-order valence-electron chi connectivity index (χ4n) is 1.73. The van der Waals surface area contributed by atoms with E-state index in [2.05, 4.69) is 29.5 Å². The number of benzene rings is 1. The van der Waals surface area contributed by atoms with Gasteiger partial charge in [0.05, 0.1) is 10.7 Å². The van der Waals surface area contributed by atoms with Crippen LogP contribution in [0, 0.1) is 0 Å². The molecule has 0 saturated carbocycles. The number of nitrogens with zero attached hydrogens (tertiary/aromatic N) is 1. The van der Waals surface area contributed by atoms with Crippen LogP contribution in [0.25, 0.3) is 0 Å². The van der Waals surface area contributed by atoms with Crippen LogP contribution in [0.1, 0.15) is 10.4 Å². The molecule has 0 radical (unpaired) electrons. The first-order chi connectivity index (χ1) is 8.15. The summed E-state index contributed by atoms with van der Waals surface area (Å²) in [6.07, 6.45) is 0. The minimum Gasteiger partial charge on any atom is -0.398 e. The minimum atomic E-state index is 0.620. The van der Waals surface area contributed by atoms with Crippen LogP contribution in [-0.2, 0) is 13.1 Å². The van der Waals surface area contributed by atoms with Gasteiger partial charge in [-0.25, -0.2) is 0 Å². The molecule has 2 N–H and O–H groups in total. The van der Waals surface area contributed by atoms with Crippen molar-refractivity contribution in [2.45, 2.75) is 13.1 Å². The number of rotatable bonds is 4. The molecule has 0 aliphatic heterocycles. The van der Waals surface area contributed by atoms with Crippen LogP contribution in [0.5, 0.6) is 0 Å². The Morgan fingerprint density at radius 2 is 2.12 bits per heavy atom. The lowest BCUT2D eigenvalue weighted by Gasteiger charge is -2.16. The maximum absolute atomic E-state index is 5.90. The number of halogens is 1. The normalized spacial score (nSPS) is 11.0. The number of nitrogen functional groups attached to an aromatic ring is 1. The van der Waals surface area contributed by atoms with E-state index in [1.54, 1.807) is 11.3 Å². The number of thiophene rings is 1. The van der Waals surface area contributed by atoms with Gasteiger partial charge in [0.15, 0.2) is 0 Å². The van der Waals surface area contributed by atoms with Crippen LogP contribution in [0.2, 0.25) is 5.02 Å². The van der Waals surface area contributed by atoms with Gasteiger partial charge in [0.1, 0.15) is 0 Å². The molecule has 0 aliphatic carbocycles. The molecule has 0 aliphatic rings. The molecule has 1 heterocycles. The highest BCUT2D eigenvalue weighted by molar-refractivity contribution is 7.09. The quantitative estimate of drug-likeness (QED) is 0.857. The fourth-order valence-corrected chi connectivity index (χ4v) is 2.63. The highest BCUT2D eigenvalue weighted by Gasteiger charge is 2.04. The Labute approximate surface area is 111 Å². The molecule has 2 nitrogen and oxygen atoms in total. The van der Waals surface area contributed by atoms with Gasteiger partial charge >= 0.3 is 0 Å². The first kappa shape index (κ1) is 12.4. The molecule has 1 aromatic heterocycles. The molecule has 0 amide bonds. The third-order valence-corrected chi connectivity index (χ3v) is 3.72. The van der Waals surface area contributed by atoms with Gasteiger partial charge in [-0.2, -0.15) is 0 Å². The second-order valence-electron chi connectivity index (χ2n) is 4.11. The number of nitrogens with two attached hydrogens (primary N) is 1. The Balaban J connectivity index is 1.98. The summed E-state index contributed by atoms with van der Waals surface area (Å²) in [5, 5.41) is 2.72. The first-order valence-corrected chi connectivity index (χ1v) is 6.66. The van der Waals surface area contributed by atoms with Gasteiger partial charge in [-0.3, -0.25) is 4.90 Å². The zero-order valence-electron chi connectivity index (χ0n) is 9.69. The maximum atomic E-state index is 5.90. The van der Waals surface area contributed by atoms with Gasteiger partial charge in [-0.1, -0.05) is 23.7 Å². The highest BCUT2D eigenvalue weighted by Crippen LogP contribution is 2.20. The molecule has 0 fully saturated rings. The Morgan fingerprint density at radius 3 is 2.76 bits per heavy atom. The second kappa shape index (κ2) is 5.54. The smallest absolute Gasteiger partial charge is 0.0635 e. The minimum absolute atomic E-state index is 0.620. The number of hydrogen-bond acceptors (Lipinski definition) is 3. The predicted octanol–water partition coefficient (Wildman–Crippen LogP) is 3.62. The van der Waals surface area contributed by atoms with Crippen molar-refractivity contribution in [2.75, 3.05) is 12.8 Å². The van der Waals surface area contributed by atoms with Crippen LogP contribution < -0.4 is 5.73 Å². The van der Waals surface area contributed by atoms with E-state index in [0.717, 1.165) is 13.1 Å². The van der Waals surface area contributed by atoms with Crippen molar-refractivity contribution >= 4 is 28.6 Å². The zero-order valence-corrected chi connectivity index (χ0v) is 11.3. The average molecular weight is 267 g/mol. The molecular formula is C13H15ClN2S. The Hall–Kier alpha value is -1.03. The van der Waals surface area contributed by atoms with E-state index in [4.69, 9.17) is 17.3 Å². The molecule has 0 unspecified atom stereocenters. The van der Waals surface area contributed by atoms with Crippen molar-refractivity contribution in [1.29, 1.82) is 0 Å². The predicted molar refractivity (Wildman–Crippen MR) is 75.4 cm³/mol. The topological polar surface area (TPSA) is 29.3 Å². The summed E-state index contributed by atoms with van der Waals surface area (Å²) in [6.45, 7) is 1.83. The summed E-state index contributed by atoms with van der Waals surface area (Å²) < 4.78 is 0. The van der Waals surface area contributed by atoms with Gasteiger partial charge in [0.25, 0.3) is 0 Å². The summed E-state index contributed by atoms with van der Waals surface area (Å²) in [6, 6.07) is 10.0. The van der Waals surface area contributed by atoms with Gasteiger partial charge in [0.2, 0.25) is 0 Å². The summed E-state index contributed by atoms with van der Waals surface area (Å²) in [7, 11) is 2.10. The zero-order chi connectivity index (χ0) is 12.3. The van der Waals surface area contributed by atoms with E-state index in [1.165, 1.54) is 10.4 Å². The van der Waals surface area contributed by atoms with E-state index >= 15 is 0 Å². The van der Waals surface area contributed by atoms with Gasteiger partial charge in [0, 0.05) is 18.0 Å². The molecule has 0 atom stereocenters. The third-order valence-electron chi connectivity index (χ3n) is 2.52. The maximum Gasteiger partial charge on any atom is 0.0635 e. The van der Waals surface area contributed by atoms with Crippen molar-refractivity contribution in [3.63, 3.8) is 0 Å². The molecule has 2 aromatic rings. The van der Waals surface area contributed by atoms with Crippen molar-refractivity contribution < 1.29 is 0 Å². The number of anilines is 1. The largest absolute Gasteiger partial charge is 0.398 e. The van der Waals surface area contributed by atoms with Crippen molar-refractivity contribution in [2.24, 2.45) is 0 Å². The van der Waals surface area contributed by atoms with Crippen molar-refractivity contribution in [3.05, 3.63) is 51.2 Å². The fraction of sp³-hybridized carbons (Fsp3) is 0.231. The molecule has 4 heteroatoms. The highest BCUT2D eigenvalue weighted by atomic mass is 35.5. The van der Waals surface area contributed by atoms with Crippen LogP contribution in [0.3, 0.4) is 0 Å². The van der Waals surface area contributed by atoms with E-state index in [1.807, 2.05) is 18.2 Å². The second-order valence-corrected chi connectivity index (χ2v) is 5.55. The van der Waals surface area contributed by atoms with Gasteiger partial charge in [-0.05, 0) is 36.2 Å². The molecule has 1 aromatic carbocycles. The molecule has 17 heavy (non-hydrogen) atoms. The van der Waals surface area contributed by atoms with Crippen LogP contribution in [0.15, 0.2) is 35.7 Å². The standard InChI is InChI=1S/C13H15ClN2S/c1-16(9-11-3-2-6-17-11)8-10-4-5-12(14)13(15)7-10/h2-7H,8-9,15H2,1H3. The third kappa shape index (κ3) is 3.46. The van der Waals surface area contributed by atoms with E-state index < -0.39 is 0 Å². The lowest BCUT2D eigenvalue weighted by Crippen LogP contribution is -2.16. The molecule has 0 spiro atoms. The summed E-state index contributed by atoms with van der Waals surface area (Å²) in [5.41, 5.74) is 7.62. The Bertz CT molecular complexity index is 482. The summed E-state index contributed by atoms with van der Waals surface area (Å²) >= 11 is 7.68. The monoisotopic (exact) mass is 266 g/mol.